The van der Waals surface area contributed by atoms with Gasteiger partial charge in [0.05, 0.1) is 0 Å². The number of benzene rings is 1. The maximum absolute atomic E-state index is 10.4. The Labute approximate surface area is 87.9 Å². The molecule has 0 saturated carbocycles. The van der Waals surface area contributed by atoms with Crippen LogP contribution in [-0.4, -0.2) is 17.5 Å². The van der Waals surface area contributed by atoms with E-state index in [9.17, 15) is 4.79 Å². The van der Waals surface area contributed by atoms with E-state index >= 15 is 0 Å². The number of carboxylic acids is 1. The van der Waals surface area contributed by atoms with Gasteiger partial charge >= 0.3 is 5.97 Å². The van der Waals surface area contributed by atoms with Gasteiger partial charge in [-0.05, 0) is 5.56 Å². The van der Waals surface area contributed by atoms with E-state index in [2.05, 4.69) is 24.2 Å². The molecule has 0 aliphatic rings. The Morgan fingerprint density at radius 1 is 1.38 bits per heavy atom. The highest BCUT2D eigenvalue weighted by Gasteiger charge is 2.12. The molecule has 0 bridgehead atoms. The summed E-state index contributed by atoms with van der Waals surface area (Å²) in [4.78, 5) is 10.4. The van der Waals surface area contributed by atoms with Gasteiger partial charge < -0.3 is 5.11 Å². The van der Waals surface area contributed by atoms with E-state index < -0.39 is 11.2 Å². The lowest BCUT2D eigenvalue weighted by Gasteiger charge is -2.03. The van der Waals surface area contributed by atoms with Crippen molar-refractivity contribution in [2.75, 3.05) is 6.38 Å². The predicted octanol–water partition coefficient (Wildman–Crippen LogP) is 2.60. The summed E-state index contributed by atoms with van der Waals surface area (Å²) < 4.78 is 0. The Bertz CT molecular complexity index is 251. The zero-order chi connectivity index (χ0) is 10.3. The maximum Gasteiger partial charge on any atom is 0.320 e. The molecule has 1 atom stereocenters. The van der Waals surface area contributed by atoms with Crippen LogP contribution in [0.2, 0.25) is 0 Å². The van der Waals surface area contributed by atoms with E-state index in [0.717, 1.165) is 0 Å². The van der Waals surface area contributed by atoms with Crippen molar-refractivity contribution in [2.24, 2.45) is 0 Å². The fourth-order valence-electron chi connectivity index (χ4n) is 0.778. The molecule has 0 radical (unpaired) electrons. The Kier molecular flexibility index (Phi) is 6.45. The van der Waals surface area contributed by atoms with Crippen molar-refractivity contribution in [1.29, 1.82) is 0 Å². The van der Waals surface area contributed by atoms with E-state index in [0.29, 0.717) is 5.56 Å². The van der Waals surface area contributed by atoms with E-state index in [1.165, 1.54) is 6.38 Å². The molecule has 13 heavy (non-hydrogen) atoms. The van der Waals surface area contributed by atoms with Gasteiger partial charge in [0.15, 0.2) is 0 Å². The lowest BCUT2D eigenvalue weighted by atomic mass is 10.1. The number of aliphatic carboxylic acids is 1. The van der Waals surface area contributed by atoms with E-state index in [-0.39, 0.29) is 0 Å². The van der Waals surface area contributed by atoms with Crippen LogP contribution >= 0.6 is 24.2 Å². The van der Waals surface area contributed by atoms with Crippen LogP contribution < -0.4 is 0 Å². The summed E-state index contributed by atoms with van der Waals surface area (Å²) in [5, 5.41) is 7.85. The molecule has 4 heteroatoms. The van der Waals surface area contributed by atoms with Crippen LogP contribution in [0.3, 0.4) is 0 Å². The first kappa shape index (κ1) is 12.3. The molecule has 1 aromatic carbocycles. The van der Waals surface area contributed by atoms with Gasteiger partial charge in [-0.15, -0.1) is 11.6 Å². The highest BCUT2D eigenvalue weighted by molar-refractivity contribution is 7.81. The Balaban J connectivity index is 0.000000671. The zero-order valence-corrected chi connectivity index (χ0v) is 8.80. The molecule has 2 nitrogen and oxygen atoms in total. The molecular weight excluding hydrogens is 208 g/mol. The van der Waals surface area contributed by atoms with Crippen molar-refractivity contribution in [3.63, 3.8) is 0 Å². The first-order valence-electron chi connectivity index (χ1n) is 3.55. The third-order valence-corrected chi connectivity index (χ3v) is 1.87. The molecular formula is C9H11ClO2S. The largest absolute Gasteiger partial charge is 0.480 e. The van der Waals surface area contributed by atoms with Crippen molar-refractivity contribution in [3.05, 3.63) is 35.9 Å². The topological polar surface area (TPSA) is 37.3 Å². The SMILES string of the molecule is CCl.O=C(O)C(S)c1ccccc1. The lowest BCUT2D eigenvalue weighted by molar-refractivity contribution is -0.136. The summed E-state index contributed by atoms with van der Waals surface area (Å²) in [7, 11) is 0. The smallest absolute Gasteiger partial charge is 0.320 e. The average molecular weight is 219 g/mol. The van der Waals surface area contributed by atoms with Crippen LogP contribution in [0.1, 0.15) is 10.8 Å². The predicted molar refractivity (Wildman–Crippen MR) is 57.6 cm³/mol. The van der Waals surface area contributed by atoms with Crippen molar-refractivity contribution in [2.45, 2.75) is 5.25 Å². The van der Waals surface area contributed by atoms with Crippen LogP contribution in [0.15, 0.2) is 30.3 Å². The number of carboxylic acid groups (broad SMARTS) is 1. The summed E-state index contributed by atoms with van der Waals surface area (Å²) in [5.74, 6) is -0.917. The highest BCUT2D eigenvalue weighted by atomic mass is 35.5. The molecule has 0 saturated heterocycles. The Morgan fingerprint density at radius 3 is 2.23 bits per heavy atom. The van der Waals surface area contributed by atoms with Crippen LogP contribution in [0.5, 0.6) is 0 Å². The molecule has 0 amide bonds. The van der Waals surface area contributed by atoms with Crippen molar-refractivity contribution < 1.29 is 9.90 Å². The molecule has 1 rings (SSSR count). The minimum atomic E-state index is -0.917. The van der Waals surface area contributed by atoms with E-state index in [1.54, 1.807) is 24.3 Å². The number of hydrogen-bond acceptors (Lipinski definition) is 2. The minimum Gasteiger partial charge on any atom is -0.480 e. The molecule has 0 spiro atoms. The number of carbonyl (C=O) groups is 1. The molecule has 72 valence electrons. The quantitative estimate of drug-likeness (QED) is 0.592. The Hall–Kier alpha value is -0.670. The molecule has 1 aromatic rings. The first-order valence-corrected chi connectivity index (χ1v) is 4.82. The van der Waals surface area contributed by atoms with Gasteiger partial charge in [-0.25, -0.2) is 0 Å². The Morgan fingerprint density at radius 2 is 1.85 bits per heavy atom. The highest BCUT2D eigenvalue weighted by Crippen LogP contribution is 2.18. The first-order chi connectivity index (χ1) is 6.22. The maximum atomic E-state index is 10.4. The third-order valence-electron chi connectivity index (χ3n) is 1.35. The summed E-state index contributed by atoms with van der Waals surface area (Å²) in [5.41, 5.74) is 0.711. The van der Waals surface area contributed by atoms with Crippen molar-refractivity contribution in [1.82, 2.24) is 0 Å². The molecule has 0 aromatic heterocycles. The van der Waals surface area contributed by atoms with Crippen LogP contribution in [-0.2, 0) is 4.79 Å². The van der Waals surface area contributed by atoms with Gasteiger partial charge in [0.2, 0.25) is 0 Å². The van der Waals surface area contributed by atoms with Crippen LogP contribution in [0, 0.1) is 0 Å². The molecule has 0 aliphatic carbocycles. The number of thiol groups is 1. The number of rotatable bonds is 2. The van der Waals surface area contributed by atoms with Gasteiger partial charge in [-0.2, -0.15) is 12.6 Å². The molecule has 1 N–H and O–H groups in total. The average Bonchev–Trinajstić information content (AvgIpc) is 2.21. The van der Waals surface area contributed by atoms with Gasteiger partial charge in [0, 0.05) is 6.38 Å². The standard InChI is InChI=1S/C8H8O2S.CH3Cl/c9-8(10)7(11)6-4-2-1-3-5-6;1-2/h1-5,7,11H,(H,9,10);1H3. The van der Waals surface area contributed by atoms with Gasteiger partial charge in [0.25, 0.3) is 0 Å². The second kappa shape index (κ2) is 6.80. The summed E-state index contributed by atoms with van der Waals surface area (Å²) in [6, 6.07) is 8.91. The zero-order valence-electron chi connectivity index (χ0n) is 7.14. The van der Waals surface area contributed by atoms with Gasteiger partial charge in [-0.3, -0.25) is 4.79 Å². The molecule has 0 aliphatic heterocycles. The van der Waals surface area contributed by atoms with E-state index in [1.807, 2.05) is 6.07 Å². The summed E-state index contributed by atoms with van der Waals surface area (Å²) in [6.07, 6.45) is 1.47. The lowest BCUT2D eigenvalue weighted by Crippen LogP contribution is -2.04. The monoisotopic (exact) mass is 218 g/mol. The molecule has 1 unspecified atom stereocenters. The van der Waals surface area contributed by atoms with Crippen molar-refractivity contribution >= 4 is 30.2 Å². The normalized spacial score (nSPS) is 11.0. The second-order valence-electron chi connectivity index (χ2n) is 2.15. The second-order valence-corrected chi connectivity index (χ2v) is 2.67. The summed E-state index contributed by atoms with van der Waals surface area (Å²) in [6.45, 7) is 0. The number of alkyl halides is 1. The third kappa shape index (κ3) is 4.20. The number of hydrogen-bond donors (Lipinski definition) is 2. The summed E-state index contributed by atoms with van der Waals surface area (Å²) >= 11 is 8.55. The number of halogens is 1. The molecule has 0 heterocycles. The fraction of sp³-hybridized carbons (Fsp3) is 0.222. The van der Waals surface area contributed by atoms with Crippen molar-refractivity contribution in [3.8, 4) is 0 Å². The van der Waals surface area contributed by atoms with E-state index in [4.69, 9.17) is 5.11 Å². The molecule has 0 fully saturated rings. The van der Waals surface area contributed by atoms with Gasteiger partial charge in [-0.1, -0.05) is 30.3 Å². The van der Waals surface area contributed by atoms with Crippen LogP contribution in [0.4, 0.5) is 0 Å². The van der Waals surface area contributed by atoms with Gasteiger partial charge in [0.1, 0.15) is 5.25 Å². The fourth-order valence-corrected chi connectivity index (χ4v) is 0.950. The minimum absolute atomic E-state index is 0.711. The van der Waals surface area contributed by atoms with Crippen LogP contribution in [0.25, 0.3) is 0 Å².